The zero-order valence-corrected chi connectivity index (χ0v) is 12.6. The zero-order chi connectivity index (χ0) is 15.4. The number of nitrogens with zero attached hydrogens (tertiary/aromatic N) is 1. The van der Waals surface area contributed by atoms with Gasteiger partial charge in [-0.2, -0.15) is 0 Å². The number of methoxy groups -OCH3 is 1. The first kappa shape index (κ1) is 14.6. The summed E-state index contributed by atoms with van der Waals surface area (Å²) in [6, 6.07) is 17.1. The maximum atomic E-state index is 12.1. The maximum absolute atomic E-state index is 12.1. The largest absolute Gasteiger partial charge is 0.496 e. The third-order valence-corrected chi connectivity index (χ3v) is 3.95. The van der Waals surface area contributed by atoms with Crippen molar-refractivity contribution in [1.29, 1.82) is 0 Å². The van der Waals surface area contributed by atoms with Crippen molar-refractivity contribution in [2.24, 2.45) is 0 Å². The summed E-state index contributed by atoms with van der Waals surface area (Å²) in [6.07, 6.45) is 0.947. The van der Waals surface area contributed by atoms with Crippen molar-refractivity contribution in [1.82, 2.24) is 5.06 Å². The van der Waals surface area contributed by atoms with Crippen LogP contribution < -0.4 is 4.74 Å². The Morgan fingerprint density at radius 2 is 1.82 bits per heavy atom. The highest BCUT2D eigenvalue weighted by molar-refractivity contribution is 5.89. The quantitative estimate of drug-likeness (QED) is 0.868. The third kappa shape index (κ3) is 3.12. The normalized spacial score (nSPS) is 18.1. The van der Waals surface area contributed by atoms with Gasteiger partial charge in [-0.15, -0.1) is 5.06 Å². The Labute approximate surface area is 130 Å². The van der Waals surface area contributed by atoms with Crippen LogP contribution in [0.1, 0.15) is 28.3 Å². The summed E-state index contributed by atoms with van der Waals surface area (Å²) in [4.78, 5) is 17.6. The summed E-state index contributed by atoms with van der Waals surface area (Å²) in [5.74, 6) is 0.907. The van der Waals surface area contributed by atoms with Gasteiger partial charge in [-0.3, -0.25) is 0 Å². The molecule has 0 saturated carbocycles. The molecular weight excluding hydrogens is 278 g/mol. The smallest absolute Gasteiger partial charge is 0.357 e. The van der Waals surface area contributed by atoms with Crippen molar-refractivity contribution in [3.05, 3.63) is 65.7 Å². The van der Waals surface area contributed by atoms with E-state index in [1.54, 1.807) is 24.3 Å². The molecule has 0 spiro atoms. The second-order valence-electron chi connectivity index (χ2n) is 5.36. The minimum absolute atomic E-state index is 0.304. The molecule has 114 valence electrons. The van der Waals surface area contributed by atoms with E-state index in [0.717, 1.165) is 18.7 Å². The highest BCUT2D eigenvalue weighted by Crippen LogP contribution is 2.33. The number of rotatable bonds is 4. The molecule has 4 heteroatoms. The second kappa shape index (κ2) is 6.62. The molecule has 1 fully saturated rings. The van der Waals surface area contributed by atoms with Crippen LogP contribution in [-0.2, 0) is 4.84 Å². The Morgan fingerprint density at radius 1 is 1.09 bits per heavy atom. The average Bonchev–Trinajstić information content (AvgIpc) is 3.04. The van der Waals surface area contributed by atoms with Gasteiger partial charge in [-0.05, 0) is 30.2 Å². The van der Waals surface area contributed by atoms with Gasteiger partial charge in [-0.1, -0.05) is 36.4 Å². The van der Waals surface area contributed by atoms with E-state index in [1.807, 2.05) is 36.4 Å². The standard InChI is InChI=1S/C18H19NO3/c1-21-17-10-6-5-9-16(17)15-11-12-19(13-15)22-18(20)14-7-3-2-4-8-14/h2-10,15H,11-13H2,1H3. The first-order chi connectivity index (χ1) is 10.8. The summed E-state index contributed by atoms with van der Waals surface area (Å²) in [6.45, 7) is 1.43. The molecule has 2 aromatic rings. The van der Waals surface area contributed by atoms with Crippen LogP contribution >= 0.6 is 0 Å². The van der Waals surface area contributed by atoms with Gasteiger partial charge in [0.25, 0.3) is 0 Å². The van der Waals surface area contributed by atoms with Crippen LogP contribution in [-0.4, -0.2) is 31.2 Å². The monoisotopic (exact) mass is 297 g/mol. The van der Waals surface area contributed by atoms with Gasteiger partial charge >= 0.3 is 5.97 Å². The molecule has 0 radical (unpaired) electrons. The molecule has 1 aliphatic rings. The molecule has 1 saturated heterocycles. The first-order valence-corrected chi connectivity index (χ1v) is 7.43. The summed E-state index contributed by atoms with van der Waals surface area (Å²) in [5, 5.41) is 1.74. The molecule has 1 aliphatic heterocycles. The van der Waals surface area contributed by atoms with Gasteiger partial charge in [0.2, 0.25) is 0 Å². The molecule has 2 aromatic carbocycles. The summed E-state index contributed by atoms with van der Waals surface area (Å²) in [5.41, 5.74) is 1.74. The van der Waals surface area contributed by atoms with Crippen molar-refractivity contribution in [2.45, 2.75) is 12.3 Å². The van der Waals surface area contributed by atoms with Crippen LogP contribution in [0, 0.1) is 0 Å². The molecule has 1 heterocycles. The fourth-order valence-corrected chi connectivity index (χ4v) is 2.81. The minimum atomic E-state index is -0.304. The number of hydroxylamine groups is 2. The lowest BCUT2D eigenvalue weighted by molar-refractivity contribution is -0.0937. The molecule has 0 aromatic heterocycles. The van der Waals surface area contributed by atoms with Gasteiger partial charge in [0, 0.05) is 19.0 Å². The van der Waals surface area contributed by atoms with Crippen molar-refractivity contribution in [3.63, 3.8) is 0 Å². The van der Waals surface area contributed by atoms with Gasteiger partial charge in [0.05, 0.1) is 12.7 Å². The molecule has 0 N–H and O–H groups in total. The van der Waals surface area contributed by atoms with Gasteiger partial charge in [0.1, 0.15) is 5.75 Å². The number of para-hydroxylation sites is 1. The van der Waals surface area contributed by atoms with E-state index >= 15 is 0 Å². The first-order valence-electron chi connectivity index (χ1n) is 7.43. The van der Waals surface area contributed by atoms with E-state index in [-0.39, 0.29) is 5.97 Å². The van der Waals surface area contributed by atoms with E-state index in [4.69, 9.17) is 9.57 Å². The fraction of sp³-hybridized carbons (Fsp3) is 0.278. The summed E-state index contributed by atoms with van der Waals surface area (Å²) in [7, 11) is 1.68. The molecule has 0 aliphatic carbocycles. The van der Waals surface area contributed by atoms with E-state index in [2.05, 4.69) is 6.07 Å². The molecule has 22 heavy (non-hydrogen) atoms. The van der Waals surface area contributed by atoms with Crippen molar-refractivity contribution >= 4 is 5.97 Å². The van der Waals surface area contributed by atoms with Crippen molar-refractivity contribution in [2.75, 3.05) is 20.2 Å². The van der Waals surface area contributed by atoms with Crippen LogP contribution in [0.5, 0.6) is 5.75 Å². The number of carbonyl (C=O) groups is 1. The lowest BCUT2D eigenvalue weighted by Crippen LogP contribution is -2.25. The lowest BCUT2D eigenvalue weighted by atomic mass is 9.97. The highest BCUT2D eigenvalue weighted by Gasteiger charge is 2.28. The zero-order valence-electron chi connectivity index (χ0n) is 12.6. The molecule has 4 nitrogen and oxygen atoms in total. The predicted octanol–water partition coefficient (Wildman–Crippen LogP) is 3.26. The highest BCUT2D eigenvalue weighted by atomic mass is 16.7. The molecule has 1 atom stereocenters. The van der Waals surface area contributed by atoms with E-state index < -0.39 is 0 Å². The third-order valence-electron chi connectivity index (χ3n) is 3.95. The Hall–Kier alpha value is -2.33. The van der Waals surface area contributed by atoms with Crippen LogP contribution in [0.3, 0.4) is 0 Å². The number of hydrogen-bond acceptors (Lipinski definition) is 4. The van der Waals surface area contributed by atoms with Crippen LogP contribution in [0.25, 0.3) is 0 Å². The van der Waals surface area contributed by atoms with Crippen molar-refractivity contribution in [3.8, 4) is 5.75 Å². The number of ether oxygens (including phenoxy) is 1. The van der Waals surface area contributed by atoms with E-state index in [1.165, 1.54) is 5.56 Å². The van der Waals surface area contributed by atoms with Crippen molar-refractivity contribution < 1.29 is 14.4 Å². The Morgan fingerprint density at radius 3 is 2.59 bits per heavy atom. The number of benzene rings is 2. The Balaban J connectivity index is 1.64. The molecular formula is C18H19NO3. The number of carbonyl (C=O) groups excluding carboxylic acids is 1. The van der Waals surface area contributed by atoms with Gasteiger partial charge < -0.3 is 9.57 Å². The fourth-order valence-electron chi connectivity index (χ4n) is 2.81. The SMILES string of the molecule is COc1ccccc1C1CCN(OC(=O)c2ccccc2)C1. The van der Waals surface area contributed by atoms with Gasteiger partial charge in [0.15, 0.2) is 0 Å². The molecule has 0 amide bonds. The topological polar surface area (TPSA) is 38.8 Å². The van der Waals surface area contributed by atoms with E-state index in [0.29, 0.717) is 18.0 Å². The van der Waals surface area contributed by atoms with Gasteiger partial charge in [-0.25, -0.2) is 4.79 Å². The average molecular weight is 297 g/mol. The summed E-state index contributed by atoms with van der Waals surface area (Å²) < 4.78 is 5.42. The molecule has 0 bridgehead atoms. The molecule has 3 rings (SSSR count). The number of hydrogen-bond donors (Lipinski definition) is 0. The minimum Gasteiger partial charge on any atom is -0.496 e. The maximum Gasteiger partial charge on any atom is 0.357 e. The lowest BCUT2D eigenvalue weighted by Gasteiger charge is -2.17. The van der Waals surface area contributed by atoms with Crippen LogP contribution in [0.4, 0.5) is 0 Å². The second-order valence-corrected chi connectivity index (χ2v) is 5.36. The van der Waals surface area contributed by atoms with E-state index in [9.17, 15) is 4.79 Å². The predicted molar refractivity (Wildman–Crippen MR) is 83.8 cm³/mol. The Kier molecular flexibility index (Phi) is 4.39. The summed E-state index contributed by atoms with van der Waals surface area (Å²) >= 11 is 0. The van der Waals surface area contributed by atoms with Crippen LogP contribution in [0.15, 0.2) is 54.6 Å². The molecule has 1 unspecified atom stereocenters. The Bertz CT molecular complexity index is 642. The van der Waals surface area contributed by atoms with Crippen LogP contribution in [0.2, 0.25) is 0 Å².